The second-order valence-electron chi connectivity index (χ2n) is 6.25. The number of nitrogens with one attached hydrogen (secondary N) is 1. The number of benzene rings is 1. The van der Waals surface area contributed by atoms with Crippen LogP contribution >= 0.6 is 0 Å². The van der Waals surface area contributed by atoms with E-state index >= 15 is 0 Å². The molecule has 1 aromatic carbocycles. The Morgan fingerprint density at radius 3 is 2.33 bits per heavy atom. The van der Waals surface area contributed by atoms with Gasteiger partial charge in [-0.05, 0) is 42.1 Å². The molecule has 1 atom stereocenters. The molecule has 0 amide bonds. The van der Waals surface area contributed by atoms with Crippen molar-refractivity contribution in [3.05, 3.63) is 35.9 Å². The van der Waals surface area contributed by atoms with Gasteiger partial charge >= 0.3 is 0 Å². The fourth-order valence-electron chi connectivity index (χ4n) is 2.76. The van der Waals surface area contributed by atoms with Gasteiger partial charge < -0.3 is 5.32 Å². The van der Waals surface area contributed by atoms with E-state index in [2.05, 4.69) is 56.4 Å². The third-order valence-corrected chi connectivity index (χ3v) is 4.60. The Morgan fingerprint density at radius 2 is 1.83 bits per heavy atom. The van der Waals surface area contributed by atoms with E-state index in [9.17, 15) is 0 Å². The van der Waals surface area contributed by atoms with Gasteiger partial charge in [-0.3, -0.25) is 0 Å². The molecule has 1 aromatic rings. The molecule has 0 aliphatic heterocycles. The lowest BCUT2D eigenvalue weighted by Crippen LogP contribution is -2.30. The first-order valence-corrected chi connectivity index (χ1v) is 7.42. The van der Waals surface area contributed by atoms with Gasteiger partial charge in [0.25, 0.3) is 0 Å². The largest absolute Gasteiger partial charge is 0.316 e. The van der Waals surface area contributed by atoms with Crippen LogP contribution in [-0.2, 0) is 0 Å². The quantitative estimate of drug-likeness (QED) is 0.759. The lowest BCUT2D eigenvalue weighted by Gasteiger charge is -2.23. The molecule has 0 aromatic heterocycles. The average Bonchev–Trinajstić information content (AvgIpc) is 3.16. The first kappa shape index (κ1) is 13.6. The van der Waals surface area contributed by atoms with Crippen LogP contribution < -0.4 is 5.32 Å². The summed E-state index contributed by atoms with van der Waals surface area (Å²) >= 11 is 0. The maximum Gasteiger partial charge on any atom is 0.00228 e. The van der Waals surface area contributed by atoms with Crippen LogP contribution in [0.1, 0.15) is 51.5 Å². The van der Waals surface area contributed by atoms with Gasteiger partial charge in [-0.1, -0.05) is 51.1 Å². The van der Waals surface area contributed by atoms with Gasteiger partial charge in [0.2, 0.25) is 0 Å². The Kier molecular flexibility index (Phi) is 4.45. The molecule has 1 fully saturated rings. The molecule has 1 aliphatic rings. The molecule has 1 aliphatic carbocycles. The maximum atomic E-state index is 3.72. The van der Waals surface area contributed by atoms with Crippen molar-refractivity contribution >= 4 is 0 Å². The summed E-state index contributed by atoms with van der Waals surface area (Å²) in [4.78, 5) is 0. The topological polar surface area (TPSA) is 12.0 Å². The van der Waals surface area contributed by atoms with Gasteiger partial charge in [-0.15, -0.1) is 0 Å². The van der Waals surface area contributed by atoms with Crippen LogP contribution in [0.4, 0.5) is 0 Å². The predicted octanol–water partition coefficient (Wildman–Crippen LogP) is 4.21. The molecule has 0 heterocycles. The zero-order valence-corrected chi connectivity index (χ0v) is 12.1. The zero-order valence-electron chi connectivity index (χ0n) is 12.1. The highest BCUT2D eigenvalue weighted by Gasteiger charge is 2.40. The van der Waals surface area contributed by atoms with E-state index in [1.54, 1.807) is 0 Å². The molecule has 1 heteroatoms. The molecule has 2 rings (SSSR count). The van der Waals surface area contributed by atoms with Crippen molar-refractivity contribution in [1.29, 1.82) is 0 Å². The lowest BCUT2D eigenvalue weighted by molar-refractivity contribution is 0.402. The maximum absolute atomic E-state index is 3.72. The van der Waals surface area contributed by atoms with Crippen molar-refractivity contribution < 1.29 is 0 Å². The third kappa shape index (κ3) is 3.35. The summed E-state index contributed by atoms with van der Waals surface area (Å²) < 4.78 is 0. The van der Waals surface area contributed by atoms with Crippen molar-refractivity contribution in [2.45, 2.75) is 46.0 Å². The van der Waals surface area contributed by atoms with Crippen LogP contribution in [0.25, 0.3) is 0 Å². The van der Waals surface area contributed by atoms with Crippen molar-refractivity contribution in [1.82, 2.24) is 5.32 Å². The van der Waals surface area contributed by atoms with E-state index in [0.29, 0.717) is 17.3 Å². The first-order chi connectivity index (χ1) is 8.67. The van der Waals surface area contributed by atoms with Crippen LogP contribution in [0.15, 0.2) is 30.3 Å². The van der Waals surface area contributed by atoms with Crippen molar-refractivity contribution in [3.8, 4) is 0 Å². The number of hydrogen-bond donors (Lipinski definition) is 1. The molecule has 100 valence electrons. The molecule has 1 nitrogen and oxygen atoms in total. The highest BCUT2D eigenvalue weighted by atomic mass is 14.9. The average molecular weight is 245 g/mol. The summed E-state index contributed by atoms with van der Waals surface area (Å²) in [7, 11) is 0. The second kappa shape index (κ2) is 5.88. The van der Waals surface area contributed by atoms with Crippen LogP contribution in [0.3, 0.4) is 0 Å². The van der Waals surface area contributed by atoms with Crippen molar-refractivity contribution in [2.24, 2.45) is 11.3 Å². The Balaban J connectivity index is 1.87. The van der Waals surface area contributed by atoms with Gasteiger partial charge in [0.05, 0.1) is 0 Å². The minimum atomic E-state index is 0.638. The Bertz CT molecular complexity index is 351. The zero-order chi connectivity index (χ0) is 13.0. The van der Waals surface area contributed by atoms with E-state index in [1.807, 2.05) is 0 Å². The molecular formula is C17H27N. The molecule has 1 unspecified atom stereocenters. The molecule has 18 heavy (non-hydrogen) atoms. The van der Waals surface area contributed by atoms with Crippen LogP contribution in [0, 0.1) is 11.3 Å². The van der Waals surface area contributed by atoms with E-state index in [0.717, 1.165) is 6.54 Å². The fourth-order valence-corrected chi connectivity index (χ4v) is 2.76. The molecule has 0 bridgehead atoms. The highest BCUT2D eigenvalue weighted by Crippen LogP contribution is 2.47. The second-order valence-corrected chi connectivity index (χ2v) is 6.25. The minimum Gasteiger partial charge on any atom is -0.316 e. The molecule has 1 N–H and O–H groups in total. The van der Waals surface area contributed by atoms with Crippen LogP contribution in [0.2, 0.25) is 0 Å². The van der Waals surface area contributed by atoms with Gasteiger partial charge in [0.15, 0.2) is 0 Å². The Morgan fingerprint density at radius 1 is 1.17 bits per heavy atom. The smallest absolute Gasteiger partial charge is 0.00228 e. The fraction of sp³-hybridized carbons (Fsp3) is 0.647. The summed E-state index contributed by atoms with van der Waals surface area (Å²) in [5, 5.41) is 3.72. The third-order valence-electron chi connectivity index (χ3n) is 4.60. The lowest BCUT2D eigenvalue weighted by atomic mass is 9.88. The monoisotopic (exact) mass is 245 g/mol. The Hall–Kier alpha value is -0.820. The molecule has 1 saturated carbocycles. The van der Waals surface area contributed by atoms with Crippen molar-refractivity contribution in [3.63, 3.8) is 0 Å². The van der Waals surface area contributed by atoms with Crippen molar-refractivity contribution in [2.75, 3.05) is 13.1 Å². The standard InChI is InChI=1S/C17H27N/c1-4-17(10-11-17)13-18-12-16(14(2)3)15-8-6-5-7-9-15/h5-9,14,16,18H,4,10-13H2,1-3H3. The van der Waals surface area contributed by atoms with E-state index in [-0.39, 0.29) is 0 Å². The molecular weight excluding hydrogens is 218 g/mol. The number of hydrogen-bond acceptors (Lipinski definition) is 1. The number of rotatable bonds is 7. The molecule has 0 radical (unpaired) electrons. The molecule has 0 spiro atoms. The van der Waals surface area contributed by atoms with Gasteiger partial charge in [-0.25, -0.2) is 0 Å². The van der Waals surface area contributed by atoms with E-state index in [4.69, 9.17) is 0 Å². The summed E-state index contributed by atoms with van der Waals surface area (Å²) in [6.45, 7) is 9.30. The van der Waals surface area contributed by atoms with E-state index in [1.165, 1.54) is 31.4 Å². The first-order valence-electron chi connectivity index (χ1n) is 7.42. The summed E-state index contributed by atoms with van der Waals surface area (Å²) in [6.07, 6.45) is 4.18. The minimum absolute atomic E-state index is 0.638. The summed E-state index contributed by atoms with van der Waals surface area (Å²) in [5.74, 6) is 1.33. The highest BCUT2D eigenvalue weighted by molar-refractivity contribution is 5.20. The van der Waals surface area contributed by atoms with Gasteiger partial charge in [-0.2, -0.15) is 0 Å². The Labute approximate surface area is 112 Å². The van der Waals surface area contributed by atoms with Gasteiger partial charge in [0, 0.05) is 13.1 Å². The summed E-state index contributed by atoms with van der Waals surface area (Å²) in [5.41, 5.74) is 2.12. The van der Waals surface area contributed by atoms with Gasteiger partial charge in [0.1, 0.15) is 0 Å². The predicted molar refractivity (Wildman–Crippen MR) is 78.8 cm³/mol. The SMILES string of the molecule is CCC1(CNCC(c2ccccc2)C(C)C)CC1. The molecule has 0 saturated heterocycles. The normalized spacial score (nSPS) is 18.9. The van der Waals surface area contributed by atoms with Crippen LogP contribution in [-0.4, -0.2) is 13.1 Å². The van der Waals surface area contributed by atoms with Crippen LogP contribution in [0.5, 0.6) is 0 Å². The van der Waals surface area contributed by atoms with E-state index < -0.39 is 0 Å². The summed E-state index contributed by atoms with van der Waals surface area (Å²) in [6, 6.07) is 10.9.